The van der Waals surface area contributed by atoms with Crippen LogP contribution in [0.1, 0.15) is 59.3 Å². The van der Waals surface area contributed by atoms with Crippen molar-refractivity contribution in [3.8, 4) is 0 Å². The molecule has 1 aliphatic heterocycles. The van der Waals surface area contributed by atoms with E-state index in [1.807, 2.05) is 0 Å². The number of thiol groups is 1. The van der Waals surface area contributed by atoms with Gasteiger partial charge in [0.1, 0.15) is 0 Å². The normalized spacial score (nSPS) is 22.9. The smallest absolute Gasteiger partial charge is 0.00676 e. The van der Waals surface area contributed by atoms with E-state index in [2.05, 4.69) is 38.3 Å². The molecule has 16 heavy (non-hydrogen) atoms. The van der Waals surface area contributed by atoms with E-state index in [1.165, 1.54) is 51.6 Å². The maximum absolute atomic E-state index is 4.64. The number of likely N-dealkylation sites (tertiary alicyclic amines) is 1. The molecule has 1 unspecified atom stereocenters. The fourth-order valence-electron chi connectivity index (χ4n) is 3.21. The molecule has 2 heteroatoms. The third kappa shape index (κ3) is 3.66. The predicted molar refractivity (Wildman–Crippen MR) is 76.4 cm³/mol. The average Bonchev–Trinajstić information content (AvgIpc) is 2.65. The van der Waals surface area contributed by atoms with Crippen molar-refractivity contribution in [2.75, 3.05) is 18.8 Å². The van der Waals surface area contributed by atoms with Crippen molar-refractivity contribution in [2.45, 2.75) is 65.3 Å². The molecule has 0 aromatic heterocycles. The molecule has 1 atom stereocenters. The molecule has 0 N–H and O–H groups in total. The molecule has 0 radical (unpaired) electrons. The van der Waals surface area contributed by atoms with Gasteiger partial charge in [-0.05, 0) is 50.3 Å². The van der Waals surface area contributed by atoms with Gasteiger partial charge in [0.2, 0.25) is 0 Å². The van der Waals surface area contributed by atoms with E-state index < -0.39 is 0 Å². The Morgan fingerprint density at radius 3 is 2.25 bits per heavy atom. The molecule has 0 spiro atoms. The molecule has 1 aliphatic rings. The molecule has 0 aromatic rings. The van der Waals surface area contributed by atoms with Crippen LogP contribution in [0, 0.1) is 5.41 Å². The van der Waals surface area contributed by atoms with Crippen LogP contribution < -0.4 is 0 Å². The zero-order valence-corrected chi connectivity index (χ0v) is 12.2. The Balaban J connectivity index is 2.60. The molecule has 1 nitrogen and oxygen atoms in total. The minimum atomic E-state index is 0.477. The van der Waals surface area contributed by atoms with Gasteiger partial charge in [0, 0.05) is 12.6 Å². The van der Waals surface area contributed by atoms with Crippen molar-refractivity contribution < 1.29 is 0 Å². The number of rotatable bonds is 7. The quantitative estimate of drug-likeness (QED) is 0.662. The lowest BCUT2D eigenvalue weighted by Crippen LogP contribution is -2.40. The summed E-state index contributed by atoms with van der Waals surface area (Å²) in [5.41, 5.74) is 0.477. The summed E-state index contributed by atoms with van der Waals surface area (Å²) in [7, 11) is 0. The lowest BCUT2D eigenvalue weighted by Gasteiger charge is -2.37. The van der Waals surface area contributed by atoms with Gasteiger partial charge >= 0.3 is 0 Å². The van der Waals surface area contributed by atoms with Gasteiger partial charge in [-0.2, -0.15) is 12.6 Å². The monoisotopic (exact) mass is 243 g/mol. The fraction of sp³-hybridized carbons (Fsp3) is 1.00. The summed E-state index contributed by atoms with van der Waals surface area (Å²) in [6, 6.07) is 0.799. The minimum Gasteiger partial charge on any atom is -0.300 e. The second kappa shape index (κ2) is 6.90. The second-order valence-corrected chi connectivity index (χ2v) is 5.94. The first-order valence-corrected chi connectivity index (χ1v) is 7.65. The first-order valence-electron chi connectivity index (χ1n) is 7.02. The van der Waals surface area contributed by atoms with E-state index in [0.29, 0.717) is 5.41 Å². The zero-order chi connectivity index (χ0) is 12.0. The minimum absolute atomic E-state index is 0.477. The highest BCUT2D eigenvalue weighted by Crippen LogP contribution is 2.34. The van der Waals surface area contributed by atoms with Gasteiger partial charge in [0.25, 0.3) is 0 Å². The summed E-state index contributed by atoms with van der Waals surface area (Å²) >= 11 is 4.64. The lowest BCUT2D eigenvalue weighted by atomic mass is 9.80. The van der Waals surface area contributed by atoms with Gasteiger partial charge in [0.05, 0.1) is 0 Å². The highest BCUT2D eigenvalue weighted by Gasteiger charge is 2.32. The molecule has 0 amide bonds. The van der Waals surface area contributed by atoms with E-state index >= 15 is 0 Å². The van der Waals surface area contributed by atoms with Crippen LogP contribution in [-0.4, -0.2) is 29.8 Å². The van der Waals surface area contributed by atoms with Crippen LogP contribution in [0.25, 0.3) is 0 Å². The topological polar surface area (TPSA) is 3.24 Å². The molecule has 1 saturated heterocycles. The van der Waals surface area contributed by atoms with E-state index in [0.717, 1.165) is 11.8 Å². The van der Waals surface area contributed by atoms with Crippen LogP contribution in [0.2, 0.25) is 0 Å². The summed E-state index contributed by atoms with van der Waals surface area (Å²) in [4.78, 5) is 2.70. The van der Waals surface area contributed by atoms with Crippen LogP contribution in [-0.2, 0) is 0 Å². The van der Waals surface area contributed by atoms with Gasteiger partial charge in [-0.15, -0.1) is 0 Å². The largest absolute Gasteiger partial charge is 0.300 e. The number of hydrogen-bond donors (Lipinski definition) is 1. The van der Waals surface area contributed by atoms with Crippen LogP contribution >= 0.6 is 12.6 Å². The Hall–Kier alpha value is 0.310. The van der Waals surface area contributed by atoms with Crippen molar-refractivity contribution in [3.63, 3.8) is 0 Å². The Morgan fingerprint density at radius 2 is 1.88 bits per heavy atom. The van der Waals surface area contributed by atoms with Crippen LogP contribution in [0.4, 0.5) is 0 Å². The molecule has 1 rings (SSSR count). The molecule has 96 valence electrons. The predicted octanol–water partition coefficient (Wildman–Crippen LogP) is 3.99. The maximum atomic E-state index is 4.64. The van der Waals surface area contributed by atoms with Gasteiger partial charge in [-0.3, -0.25) is 0 Å². The highest BCUT2D eigenvalue weighted by molar-refractivity contribution is 7.80. The Kier molecular flexibility index (Phi) is 6.20. The van der Waals surface area contributed by atoms with Crippen LogP contribution in [0.15, 0.2) is 0 Å². The first kappa shape index (κ1) is 14.4. The second-order valence-electron chi connectivity index (χ2n) is 5.62. The van der Waals surface area contributed by atoms with Gasteiger partial charge < -0.3 is 4.90 Å². The number of nitrogens with zero attached hydrogens (tertiary/aromatic N) is 1. The Bertz CT molecular complexity index is 187. The van der Waals surface area contributed by atoms with Crippen LogP contribution in [0.3, 0.4) is 0 Å². The van der Waals surface area contributed by atoms with Gasteiger partial charge in [-0.1, -0.05) is 26.7 Å². The first-order chi connectivity index (χ1) is 7.67. The fourth-order valence-corrected chi connectivity index (χ4v) is 3.63. The summed E-state index contributed by atoms with van der Waals surface area (Å²) in [5.74, 6) is 1.05. The van der Waals surface area contributed by atoms with Crippen molar-refractivity contribution in [3.05, 3.63) is 0 Å². The van der Waals surface area contributed by atoms with Crippen molar-refractivity contribution in [1.29, 1.82) is 0 Å². The molecule has 0 aromatic carbocycles. The van der Waals surface area contributed by atoms with Crippen LogP contribution in [0.5, 0.6) is 0 Å². The Morgan fingerprint density at radius 1 is 1.25 bits per heavy atom. The van der Waals surface area contributed by atoms with Crippen molar-refractivity contribution >= 4 is 12.6 Å². The average molecular weight is 243 g/mol. The van der Waals surface area contributed by atoms with E-state index in [-0.39, 0.29) is 0 Å². The maximum Gasteiger partial charge on any atom is 0.00676 e. The molecule has 1 heterocycles. The zero-order valence-electron chi connectivity index (χ0n) is 11.3. The molecule has 1 fully saturated rings. The SMILES string of the molecule is CCCC(CS)(CCC)CN1CCCC1C. The summed E-state index contributed by atoms with van der Waals surface area (Å²) in [5, 5.41) is 0. The van der Waals surface area contributed by atoms with Crippen molar-refractivity contribution in [1.82, 2.24) is 4.90 Å². The molecule has 0 saturated carbocycles. The summed E-state index contributed by atoms with van der Waals surface area (Å²) in [6.45, 7) is 9.58. The van der Waals surface area contributed by atoms with Crippen molar-refractivity contribution in [2.24, 2.45) is 5.41 Å². The third-order valence-electron chi connectivity index (χ3n) is 4.13. The third-order valence-corrected chi connectivity index (χ3v) is 4.80. The Labute approximate surface area is 107 Å². The molecular formula is C14H29NS. The number of hydrogen-bond acceptors (Lipinski definition) is 2. The van der Waals surface area contributed by atoms with E-state index in [9.17, 15) is 0 Å². The summed E-state index contributed by atoms with van der Waals surface area (Å²) < 4.78 is 0. The summed E-state index contributed by atoms with van der Waals surface area (Å²) in [6.07, 6.45) is 8.05. The van der Waals surface area contributed by atoms with E-state index in [1.54, 1.807) is 0 Å². The molecule has 0 bridgehead atoms. The molecule has 0 aliphatic carbocycles. The highest BCUT2D eigenvalue weighted by atomic mass is 32.1. The lowest BCUT2D eigenvalue weighted by molar-refractivity contribution is 0.142. The molecular weight excluding hydrogens is 214 g/mol. The van der Waals surface area contributed by atoms with E-state index in [4.69, 9.17) is 0 Å². The van der Waals surface area contributed by atoms with Gasteiger partial charge in [-0.25, -0.2) is 0 Å². The standard InChI is InChI=1S/C14H29NS/c1-4-8-14(12-16,9-5-2)11-15-10-6-7-13(15)3/h13,16H,4-12H2,1-3H3. The van der Waals surface area contributed by atoms with Gasteiger partial charge in [0.15, 0.2) is 0 Å².